The number of rotatable bonds is 5. The average molecular weight is 307 g/mol. The van der Waals surface area contributed by atoms with Gasteiger partial charge >= 0.3 is 0 Å². The van der Waals surface area contributed by atoms with Crippen LogP contribution in [0.1, 0.15) is 40.4 Å². The quantitative estimate of drug-likeness (QED) is 0.885. The van der Waals surface area contributed by atoms with E-state index in [2.05, 4.69) is 16.4 Å². The number of aliphatic hydroxyl groups is 1. The number of aromatic nitrogens is 1. The molecular weight excluding hydrogens is 290 g/mol. The number of pyridine rings is 1. The molecule has 2 N–H and O–H groups in total. The first-order valence-electron chi connectivity index (χ1n) is 7.53. The number of carbonyl (C=O) groups excluding carboxylic acids is 1. The van der Waals surface area contributed by atoms with Crippen LogP contribution >= 0.6 is 0 Å². The molecule has 5 heteroatoms. The highest BCUT2D eigenvalue weighted by molar-refractivity contribution is 5.94. The maximum absolute atomic E-state index is 12.1. The van der Waals surface area contributed by atoms with Crippen LogP contribution in [0.2, 0.25) is 0 Å². The molecule has 1 fully saturated rings. The minimum absolute atomic E-state index is 0.132. The summed E-state index contributed by atoms with van der Waals surface area (Å²) in [6, 6.07) is 12.9. The van der Waals surface area contributed by atoms with Crippen LogP contribution in [0.25, 0.3) is 0 Å². The van der Waals surface area contributed by atoms with Crippen molar-refractivity contribution in [3.8, 4) is 6.07 Å². The number of nitriles is 1. The lowest BCUT2D eigenvalue weighted by Crippen LogP contribution is -2.28. The smallest absolute Gasteiger partial charge is 0.251 e. The second-order valence-corrected chi connectivity index (χ2v) is 5.78. The molecule has 23 heavy (non-hydrogen) atoms. The lowest BCUT2D eigenvalue weighted by atomic mass is 9.96. The molecule has 1 aromatic carbocycles. The molecule has 1 heterocycles. The number of hydrogen-bond donors (Lipinski definition) is 2. The van der Waals surface area contributed by atoms with E-state index >= 15 is 0 Å². The zero-order chi connectivity index (χ0) is 16.3. The van der Waals surface area contributed by atoms with Crippen LogP contribution in [0.3, 0.4) is 0 Å². The van der Waals surface area contributed by atoms with Crippen LogP contribution in [0, 0.1) is 11.3 Å². The molecule has 0 spiro atoms. The summed E-state index contributed by atoms with van der Waals surface area (Å²) in [5.41, 5.74) is 1.85. The molecule has 1 aromatic heterocycles. The van der Waals surface area contributed by atoms with E-state index in [9.17, 15) is 15.2 Å². The van der Waals surface area contributed by atoms with E-state index in [4.69, 9.17) is 0 Å². The van der Waals surface area contributed by atoms with Crippen molar-refractivity contribution >= 4 is 5.91 Å². The minimum Gasteiger partial charge on any atom is -0.387 e. The Morgan fingerprint density at radius 2 is 1.91 bits per heavy atom. The number of nitrogens with one attached hydrogen (secondary N) is 1. The van der Waals surface area contributed by atoms with E-state index in [-0.39, 0.29) is 17.9 Å². The fourth-order valence-electron chi connectivity index (χ4n) is 2.53. The maximum atomic E-state index is 12.1. The molecule has 116 valence electrons. The number of nitrogens with zero attached hydrogens (tertiary/aromatic N) is 2. The predicted molar refractivity (Wildman–Crippen MR) is 84.5 cm³/mol. The molecule has 3 rings (SSSR count). The molecule has 1 aliphatic rings. The minimum atomic E-state index is -0.769. The first-order chi connectivity index (χ1) is 11.1. The fraction of sp³-hybridized carbons (Fsp3) is 0.278. The molecular formula is C18H17N3O2. The van der Waals surface area contributed by atoms with E-state index in [1.807, 2.05) is 12.1 Å². The number of benzene rings is 1. The van der Waals surface area contributed by atoms with Gasteiger partial charge in [-0.05, 0) is 48.2 Å². The normalized spacial score (nSPS) is 16.2. The monoisotopic (exact) mass is 307 g/mol. The molecule has 1 saturated carbocycles. The van der Waals surface area contributed by atoms with Gasteiger partial charge in [-0.2, -0.15) is 5.26 Å². The fourth-order valence-corrected chi connectivity index (χ4v) is 2.53. The lowest BCUT2D eigenvalue weighted by molar-refractivity contribution is 0.0916. The largest absolute Gasteiger partial charge is 0.387 e. The lowest BCUT2D eigenvalue weighted by Gasteiger charge is -2.12. The highest BCUT2D eigenvalue weighted by Gasteiger charge is 2.44. The van der Waals surface area contributed by atoms with Gasteiger partial charge in [0, 0.05) is 24.5 Å². The third kappa shape index (κ3) is 3.22. The summed E-state index contributed by atoms with van der Waals surface area (Å²) in [7, 11) is 0. The Labute approximate surface area is 134 Å². The van der Waals surface area contributed by atoms with Crippen molar-refractivity contribution in [3.63, 3.8) is 0 Å². The van der Waals surface area contributed by atoms with Gasteiger partial charge in [-0.25, -0.2) is 0 Å². The van der Waals surface area contributed by atoms with E-state index in [0.29, 0.717) is 11.1 Å². The van der Waals surface area contributed by atoms with E-state index in [1.54, 1.807) is 36.7 Å². The van der Waals surface area contributed by atoms with Gasteiger partial charge in [-0.3, -0.25) is 9.78 Å². The first-order valence-corrected chi connectivity index (χ1v) is 7.53. The molecule has 0 radical (unpaired) electrons. The van der Waals surface area contributed by atoms with Crippen molar-refractivity contribution in [2.45, 2.75) is 24.4 Å². The van der Waals surface area contributed by atoms with Crippen molar-refractivity contribution < 1.29 is 9.90 Å². The van der Waals surface area contributed by atoms with Crippen molar-refractivity contribution in [2.75, 3.05) is 6.54 Å². The summed E-state index contributed by atoms with van der Waals surface area (Å²) in [4.78, 5) is 16.0. The van der Waals surface area contributed by atoms with Gasteiger partial charge in [0.25, 0.3) is 5.91 Å². The summed E-state index contributed by atoms with van der Waals surface area (Å²) >= 11 is 0. The molecule has 2 aromatic rings. The zero-order valence-corrected chi connectivity index (χ0v) is 12.6. The summed E-state index contributed by atoms with van der Waals surface area (Å²) in [6.45, 7) is 0.132. The van der Waals surface area contributed by atoms with Gasteiger partial charge < -0.3 is 10.4 Å². The molecule has 1 unspecified atom stereocenters. The molecule has 1 amide bonds. The third-order valence-electron chi connectivity index (χ3n) is 4.21. The van der Waals surface area contributed by atoms with E-state index < -0.39 is 6.10 Å². The Morgan fingerprint density at radius 3 is 2.48 bits per heavy atom. The summed E-state index contributed by atoms with van der Waals surface area (Å²) in [6.07, 6.45) is 4.19. The standard InChI is InChI=1S/C18H17N3O2/c19-12-18(7-8-18)15-3-1-14(2-4-15)17(23)21-11-16(22)13-5-9-20-10-6-13/h1-6,9-10,16,22H,7-8,11H2,(H,21,23). The number of hydrogen-bond acceptors (Lipinski definition) is 4. The van der Waals surface area contributed by atoms with Crippen LogP contribution in [0.4, 0.5) is 0 Å². The van der Waals surface area contributed by atoms with E-state index in [1.165, 1.54) is 0 Å². The Kier molecular flexibility index (Phi) is 4.09. The molecule has 1 aliphatic carbocycles. The number of amides is 1. The van der Waals surface area contributed by atoms with Gasteiger partial charge in [0.1, 0.15) is 0 Å². The van der Waals surface area contributed by atoms with Crippen molar-refractivity contribution in [2.24, 2.45) is 0 Å². The zero-order valence-electron chi connectivity index (χ0n) is 12.6. The van der Waals surface area contributed by atoms with Gasteiger partial charge in [0.15, 0.2) is 0 Å². The van der Waals surface area contributed by atoms with Crippen LogP contribution < -0.4 is 5.32 Å². The molecule has 5 nitrogen and oxygen atoms in total. The topological polar surface area (TPSA) is 86.0 Å². The Hall–Kier alpha value is -2.71. The third-order valence-corrected chi connectivity index (χ3v) is 4.21. The Bertz CT molecular complexity index is 731. The first kappa shape index (κ1) is 15.2. The molecule has 0 aliphatic heterocycles. The predicted octanol–water partition coefficient (Wildman–Crippen LogP) is 2.10. The summed E-state index contributed by atoms with van der Waals surface area (Å²) < 4.78 is 0. The molecule has 0 bridgehead atoms. The van der Waals surface area contributed by atoms with Crippen LogP contribution in [-0.2, 0) is 5.41 Å². The second kappa shape index (κ2) is 6.19. The Morgan fingerprint density at radius 1 is 1.26 bits per heavy atom. The van der Waals surface area contributed by atoms with Gasteiger partial charge in [0.05, 0.1) is 17.6 Å². The van der Waals surface area contributed by atoms with E-state index in [0.717, 1.165) is 18.4 Å². The summed E-state index contributed by atoms with van der Waals surface area (Å²) in [5.74, 6) is -0.244. The highest BCUT2D eigenvalue weighted by Crippen LogP contribution is 2.47. The van der Waals surface area contributed by atoms with Gasteiger partial charge in [-0.1, -0.05) is 12.1 Å². The van der Waals surface area contributed by atoms with Crippen molar-refractivity contribution in [1.82, 2.24) is 10.3 Å². The molecule has 0 saturated heterocycles. The maximum Gasteiger partial charge on any atom is 0.251 e. The number of aliphatic hydroxyl groups excluding tert-OH is 1. The van der Waals surface area contributed by atoms with Crippen LogP contribution in [0.5, 0.6) is 0 Å². The average Bonchev–Trinajstić information content (AvgIpc) is 3.41. The second-order valence-electron chi connectivity index (χ2n) is 5.78. The van der Waals surface area contributed by atoms with Gasteiger partial charge in [-0.15, -0.1) is 0 Å². The van der Waals surface area contributed by atoms with Crippen molar-refractivity contribution in [1.29, 1.82) is 5.26 Å². The van der Waals surface area contributed by atoms with Crippen LogP contribution in [-0.4, -0.2) is 22.5 Å². The van der Waals surface area contributed by atoms with Gasteiger partial charge in [0.2, 0.25) is 0 Å². The van der Waals surface area contributed by atoms with Crippen molar-refractivity contribution in [3.05, 3.63) is 65.5 Å². The summed E-state index contributed by atoms with van der Waals surface area (Å²) in [5, 5.41) is 21.9. The molecule has 1 atom stereocenters. The SMILES string of the molecule is N#CC1(c2ccc(C(=O)NCC(O)c3ccncc3)cc2)CC1. The van der Waals surface area contributed by atoms with Crippen LogP contribution in [0.15, 0.2) is 48.8 Å². The highest BCUT2D eigenvalue weighted by atomic mass is 16.3. The Balaban J connectivity index is 1.59. The number of carbonyl (C=O) groups is 1.